The van der Waals surface area contributed by atoms with E-state index in [0.717, 1.165) is 12.8 Å². The van der Waals surface area contributed by atoms with E-state index in [9.17, 15) is 4.39 Å². The summed E-state index contributed by atoms with van der Waals surface area (Å²) in [6.07, 6.45) is 3.36. The summed E-state index contributed by atoms with van der Waals surface area (Å²) in [7, 11) is 1.84. The van der Waals surface area contributed by atoms with Crippen molar-refractivity contribution < 1.29 is 4.39 Å². The lowest BCUT2D eigenvalue weighted by Crippen LogP contribution is -2.19. The number of hydrogen-bond acceptors (Lipinski definition) is 2. The molecular weight excluding hydrogens is 227 g/mol. The molecule has 0 spiro atoms. The van der Waals surface area contributed by atoms with Gasteiger partial charge in [0.15, 0.2) is 0 Å². The van der Waals surface area contributed by atoms with Gasteiger partial charge in [0.25, 0.3) is 0 Å². The van der Waals surface area contributed by atoms with Crippen LogP contribution in [0.25, 0.3) is 0 Å². The normalized spacial score (nSPS) is 12.3. The van der Waals surface area contributed by atoms with Crippen LogP contribution in [0.5, 0.6) is 0 Å². The summed E-state index contributed by atoms with van der Waals surface area (Å²) in [5.74, 6) is -0.245. The van der Waals surface area contributed by atoms with E-state index in [0.29, 0.717) is 5.69 Å². The minimum Gasteiger partial charge on any atom is -0.312 e. The molecule has 1 N–H and O–H groups in total. The number of benzene rings is 1. The zero-order valence-corrected chi connectivity index (χ0v) is 10.4. The number of hydrogen-bond donors (Lipinski definition) is 1. The molecule has 1 heterocycles. The lowest BCUT2D eigenvalue weighted by molar-refractivity contribution is 0.493. The van der Waals surface area contributed by atoms with Crippen molar-refractivity contribution >= 4 is 0 Å². The third-order valence-electron chi connectivity index (χ3n) is 3.03. The maximum atomic E-state index is 13.6. The van der Waals surface area contributed by atoms with Crippen molar-refractivity contribution in [3.05, 3.63) is 65.7 Å². The van der Waals surface area contributed by atoms with Gasteiger partial charge in [0.1, 0.15) is 5.82 Å². The SMILES string of the molecule is CNC(CCc1ccccc1)c1ncccc1F. The van der Waals surface area contributed by atoms with Crippen molar-refractivity contribution in [2.24, 2.45) is 0 Å². The van der Waals surface area contributed by atoms with Crippen LogP contribution < -0.4 is 5.32 Å². The first-order valence-corrected chi connectivity index (χ1v) is 6.13. The highest BCUT2D eigenvalue weighted by atomic mass is 19.1. The van der Waals surface area contributed by atoms with E-state index in [1.54, 1.807) is 12.3 Å². The van der Waals surface area contributed by atoms with Gasteiger partial charge in [0, 0.05) is 6.20 Å². The molecule has 94 valence electrons. The third kappa shape index (κ3) is 3.14. The monoisotopic (exact) mass is 244 g/mol. The molecule has 0 aliphatic carbocycles. The Bertz CT molecular complexity index is 485. The van der Waals surface area contributed by atoms with Crippen molar-refractivity contribution in [1.29, 1.82) is 0 Å². The molecule has 2 aromatic rings. The van der Waals surface area contributed by atoms with E-state index in [4.69, 9.17) is 0 Å². The Morgan fingerprint density at radius 2 is 1.94 bits per heavy atom. The summed E-state index contributed by atoms with van der Waals surface area (Å²) in [5, 5.41) is 3.13. The van der Waals surface area contributed by atoms with Crippen molar-refractivity contribution in [2.75, 3.05) is 7.05 Å². The fourth-order valence-electron chi connectivity index (χ4n) is 2.03. The molecule has 0 aliphatic rings. The molecule has 0 aliphatic heterocycles. The molecule has 0 amide bonds. The van der Waals surface area contributed by atoms with Gasteiger partial charge in [-0.1, -0.05) is 30.3 Å². The summed E-state index contributed by atoms with van der Waals surface area (Å²) < 4.78 is 13.6. The summed E-state index contributed by atoms with van der Waals surface area (Å²) in [6.45, 7) is 0. The van der Waals surface area contributed by atoms with E-state index >= 15 is 0 Å². The predicted octanol–water partition coefficient (Wildman–Crippen LogP) is 3.11. The summed E-state index contributed by atoms with van der Waals surface area (Å²) in [4.78, 5) is 4.12. The highest BCUT2D eigenvalue weighted by Crippen LogP contribution is 2.19. The number of aromatic nitrogens is 1. The molecule has 3 heteroatoms. The fourth-order valence-corrected chi connectivity index (χ4v) is 2.03. The molecule has 2 nitrogen and oxygen atoms in total. The molecule has 1 atom stereocenters. The smallest absolute Gasteiger partial charge is 0.146 e. The van der Waals surface area contributed by atoms with Crippen LogP contribution in [-0.4, -0.2) is 12.0 Å². The first kappa shape index (κ1) is 12.7. The second-order valence-electron chi connectivity index (χ2n) is 4.24. The predicted molar refractivity (Wildman–Crippen MR) is 70.8 cm³/mol. The second kappa shape index (κ2) is 6.26. The number of halogens is 1. The van der Waals surface area contributed by atoms with Crippen LogP contribution in [0.15, 0.2) is 48.7 Å². The maximum absolute atomic E-state index is 13.6. The number of pyridine rings is 1. The molecule has 0 radical (unpaired) electrons. The molecule has 1 aromatic carbocycles. The van der Waals surface area contributed by atoms with E-state index in [1.807, 2.05) is 25.2 Å². The number of rotatable bonds is 5. The minimum absolute atomic E-state index is 0.0496. The number of nitrogens with zero attached hydrogens (tertiary/aromatic N) is 1. The Hall–Kier alpha value is -1.74. The van der Waals surface area contributed by atoms with Crippen LogP contribution in [0.1, 0.15) is 23.7 Å². The summed E-state index contributed by atoms with van der Waals surface area (Å²) in [5.41, 5.74) is 1.75. The van der Waals surface area contributed by atoms with Gasteiger partial charge in [-0.05, 0) is 37.6 Å². The van der Waals surface area contributed by atoms with Crippen molar-refractivity contribution in [3.63, 3.8) is 0 Å². The Kier molecular flexibility index (Phi) is 4.42. The first-order valence-electron chi connectivity index (χ1n) is 6.13. The number of nitrogens with one attached hydrogen (secondary N) is 1. The van der Waals surface area contributed by atoms with Gasteiger partial charge in [-0.2, -0.15) is 0 Å². The topological polar surface area (TPSA) is 24.9 Å². The Morgan fingerprint density at radius 1 is 1.17 bits per heavy atom. The standard InChI is InChI=1S/C15H17FN2/c1-17-14(15-13(16)8-5-11-18-15)10-9-12-6-3-2-4-7-12/h2-8,11,14,17H,9-10H2,1H3. The zero-order valence-electron chi connectivity index (χ0n) is 10.4. The maximum Gasteiger partial charge on any atom is 0.146 e. The highest BCUT2D eigenvalue weighted by Gasteiger charge is 2.14. The average Bonchev–Trinajstić information content (AvgIpc) is 2.42. The Balaban J connectivity index is 2.04. The van der Waals surface area contributed by atoms with Gasteiger partial charge in [-0.3, -0.25) is 4.98 Å². The molecule has 1 unspecified atom stereocenters. The highest BCUT2D eigenvalue weighted by molar-refractivity contribution is 5.16. The number of aryl methyl sites for hydroxylation is 1. The lowest BCUT2D eigenvalue weighted by atomic mass is 10.0. The van der Waals surface area contributed by atoms with Gasteiger partial charge in [0.2, 0.25) is 0 Å². The van der Waals surface area contributed by atoms with Crippen LogP contribution in [0.4, 0.5) is 4.39 Å². The zero-order chi connectivity index (χ0) is 12.8. The second-order valence-corrected chi connectivity index (χ2v) is 4.24. The minimum atomic E-state index is -0.245. The molecule has 18 heavy (non-hydrogen) atoms. The van der Waals surface area contributed by atoms with Crippen LogP contribution in [0.2, 0.25) is 0 Å². The molecule has 1 aromatic heterocycles. The first-order chi connectivity index (χ1) is 8.81. The molecule has 0 saturated heterocycles. The molecular formula is C15H17FN2. The van der Waals surface area contributed by atoms with Gasteiger partial charge >= 0.3 is 0 Å². The quantitative estimate of drug-likeness (QED) is 0.874. The average molecular weight is 244 g/mol. The lowest BCUT2D eigenvalue weighted by Gasteiger charge is -2.16. The fraction of sp³-hybridized carbons (Fsp3) is 0.267. The third-order valence-corrected chi connectivity index (χ3v) is 3.03. The van der Waals surface area contributed by atoms with E-state index in [-0.39, 0.29) is 11.9 Å². The van der Waals surface area contributed by atoms with E-state index in [2.05, 4.69) is 22.4 Å². The van der Waals surface area contributed by atoms with Gasteiger partial charge in [-0.25, -0.2) is 4.39 Å². The summed E-state index contributed by atoms with van der Waals surface area (Å²) >= 11 is 0. The largest absolute Gasteiger partial charge is 0.312 e. The van der Waals surface area contributed by atoms with Gasteiger partial charge < -0.3 is 5.32 Å². The van der Waals surface area contributed by atoms with Crippen LogP contribution in [0.3, 0.4) is 0 Å². The van der Waals surface area contributed by atoms with E-state index in [1.165, 1.54) is 11.6 Å². The molecule has 0 saturated carbocycles. The summed E-state index contributed by atoms with van der Waals surface area (Å²) in [6, 6.07) is 13.2. The Labute approximate surface area is 107 Å². The molecule has 0 fully saturated rings. The van der Waals surface area contributed by atoms with E-state index < -0.39 is 0 Å². The van der Waals surface area contributed by atoms with Gasteiger partial charge in [-0.15, -0.1) is 0 Å². The molecule has 0 bridgehead atoms. The van der Waals surface area contributed by atoms with Crippen LogP contribution in [-0.2, 0) is 6.42 Å². The van der Waals surface area contributed by atoms with Crippen molar-refractivity contribution in [3.8, 4) is 0 Å². The van der Waals surface area contributed by atoms with Gasteiger partial charge in [0.05, 0.1) is 11.7 Å². The van der Waals surface area contributed by atoms with Crippen LogP contribution in [0, 0.1) is 5.82 Å². The van der Waals surface area contributed by atoms with Crippen molar-refractivity contribution in [1.82, 2.24) is 10.3 Å². The Morgan fingerprint density at radius 3 is 2.61 bits per heavy atom. The van der Waals surface area contributed by atoms with Crippen LogP contribution >= 0.6 is 0 Å². The molecule has 2 rings (SSSR count). The van der Waals surface area contributed by atoms with Crippen molar-refractivity contribution in [2.45, 2.75) is 18.9 Å².